The van der Waals surface area contributed by atoms with Crippen molar-refractivity contribution in [3.63, 3.8) is 0 Å². The van der Waals surface area contributed by atoms with E-state index in [9.17, 15) is 18.8 Å². The van der Waals surface area contributed by atoms with Gasteiger partial charge in [-0.05, 0) is 101 Å². The van der Waals surface area contributed by atoms with Gasteiger partial charge >= 0.3 is 0 Å². The molecule has 0 unspecified atom stereocenters. The molecule has 372 valence electrons. The molecule has 8 rings (SSSR count). The van der Waals surface area contributed by atoms with E-state index in [1.807, 2.05) is 6.07 Å². The van der Waals surface area contributed by atoms with Gasteiger partial charge in [-0.1, -0.05) is 47.7 Å². The number of hydrogen-bond donors (Lipinski definition) is 7. The van der Waals surface area contributed by atoms with Crippen LogP contribution in [0, 0.1) is 5.82 Å². The van der Waals surface area contributed by atoms with Gasteiger partial charge in [0, 0.05) is 103 Å². The summed E-state index contributed by atoms with van der Waals surface area (Å²) in [5, 5.41) is 28.9. The zero-order chi connectivity index (χ0) is 47.9. The Morgan fingerprint density at radius 1 is 0.580 bits per heavy atom. The molecule has 5 aromatic rings. The number of pyridine rings is 1. The Morgan fingerprint density at radius 2 is 1.10 bits per heavy atom. The number of nitrogens with one attached hydrogen (secondary N) is 7. The zero-order valence-electron chi connectivity index (χ0n) is 40.1. The topological polar surface area (TPSA) is 196 Å². The molecule has 0 radical (unpaired) electrons. The highest BCUT2D eigenvalue weighted by Crippen LogP contribution is 2.26. The third-order valence-electron chi connectivity index (χ3n) is 12.7. The van der Waals surface area contributed by atoms with E-state index in [-0.39, 0.29) is 41.3 Å². The van der Waals surface area contributed by atoms with E-state index < -0.39 is 17.5 Å². The van der Waals surface area contributed by atoms with Crippen molar-refractivity contribution in [3.05, 3.63) is 107 Å². The molecule has 0 saturated carbocycles. The number of amides is 2. The van der Waals surface area contributed by atoms with Gasteiger partial charge < -0.3 is 46.7 Å². The Hall–Kier alpha value is -5.51. The molecule has 3 aromatic heterocycles. The monoisotopic (exact) mass is 950 g/mol. The predicted octanol–water partition coefficient (Wildman–Crippen LogP) is 1.87. The minimum absolute atomic E-state index is 0.0354. The maximum absolute atomic E-state index is 14.6. The number of aromatic nitrogens is 5. The zero-order valence-corrected chi connectivity index (χ0v) is 40.1. The van der Waals surface area contributed by atoms with Gasteiger partial charge in [-0.3, -0.25) is 24.2 Å². The van der Waals surface area contributed by atoms with Crippen molar-refractivity contribution in [1.29, 1.82) is 0 Å². The number of benzene rings is 2. The Bertz CT molecular complexity index is 2200. The summed E-state index contributed by atoms with van der Waals surface area (Å²) in [4.78, 5) is 53.6. The fraction of sp³-hybridized carbons (Fsp3) is 0.520. The van der Waals surface area contributed by atoms with E-state index in [2.05, 4.69) is 86.2 Å². The van der Waals surface area contributed by atoms with E-state index in [1.54, 1.807) is 29.2 Å². The highest BCUT2D eigenvalue weighted by atomic mass is 19.1. The second kappa shape index (κ2) is 28.2. The van der Waals surface area contributed by atoms with Gasteiger partial charge in [-0.25, -0.2) is 14.1 Å². The van der Waals surface area contributed by atoms with Gasteiger partial charge in [0.2, 0.25) is 0 Å². The second-order valence-corrected chi connectivity index (χ2v) is 17.8. The highest BCUT2D eigenvalue weighted by molar-refractivity contribution is 6.45. The summed E-state index contributed by atoms with van der Waals surface area (Å²) < 4.78 is 16.0. The maximum atomic E-state index is 14.6. The van der Waals surface area contributed by atoms with Gasteiger partial charge in [0.05, 0.1) is 35.1 Å². The molecule has 3 aliphatic heterocycles. The van der Waals surface area contributed by atoms with Crippen LogP contribution in [0.4, 0.5) is 4.39 Å². The first kappa shape index (κ1) is 51.3. The number of Topliss-reactive ketones (excluding diaryl/α,β-unsaturated/α-hetero) is 1. The van der Waals surface area contributed by atoms with Crippen LogP contribution in [0.1, 0.15) is 57.5 Å². The number of halogens is 1. The molecule has 7 N–H and O–H groups in total. The molecule has 3 saturated heterocycles. The molecule has 19 heteroatoms. The van der Waals surface area contributed by atoms with E-state index in [0.717, 1.165) is 124 Å². The summed E-state index contributed by atoms with van der Waals surface area (Å²) in [6, 6.07) is 18.3. The molecule has 3 fully saturated rings. The van der Waals surface area contributed by atoms with Crippen molar-refractivity contribution in [1.82, 2.24) is 76.5 Å². The number of H-pyrrole nitrogens is 1. The number of carbonyl (C=O) groups is 3. The van der Waals surface area contributed by atoms with Crippen molar-refractivity contribution < 1.29 is 18.8 Å². The summed E-state index contributed by atoms with van der Waals surface area (Å²) in [6.45, 7) is 20.6. The second-order valence-electron chi connectivity index (χ2n) is 17.8. The fourth-order valence-electron chi connectivity index (χ4n) is 8.82. The highest BCUT2D eigenvalue weighted by Gasteiger charge is 2.31. The lowest BCUT2D eigenvalue weighted by Crippen LogP contribution is -2.52. The molecule has 3 aliphatic rings. The number of hydrogen-bond acceptors (Lipinski definition) is 14. The minimum Gasteiger partial charge on any atom is -0.357 e. The van der Waals surface area contributed by atoms with Crippen LogP contribution in [0.15, 0.2) is 79.4 Å². The molecule has 0 spiro atoms. The molecular formula is C50H72FN15O3. The number of fused-ring (bicyclic) bond motifs is 1. The average molecular weight is 950 g/mol. The summed E-state index contributed by atoms with van der Waals surface area (Å²) in [6.07, 6.45) is 10.0. The Morgan fingerprint density at radius 3 is 1.64 bits per heavy atom. The van der Waals surface area contributed by atoms with Gasteiger partial charge in [-0.15, -0.1) is 5.10 Å². The Balaban J connectivity index is 0.000000204. The first-order chi connectivity index (χ1) is 33.9. The van der Waals surface area contributed by atoms with Crippen molar-refractivity contribution in [3.8, 4) is 5.82 Å². The summed E-state index contributed by atoms with van der Waals surface area (Å²) in [5.74, 6) is -2.19. The van der Waals surface area contributed by atoms with Crippen LogP contribution in [0.5, 0.6) is 0 Å². The minimum atomic E-state index is -0.835. The number of piperazine rings is 1. The van der Waals surface area contributed by atoms with Crippen LogP contribution in [0.25, 0.3) is 16.7 Å². The van der Waals surface area contributed by atoms with Gasteiger partial charge in [0.25, 0.3) is 17.6 Å². The molecule has 2 aromatic carbocycles. The van der Waals surface area contributed by atoms with Gasteiger partial charge in [0.1, 0.15) is 0 Å². The van der Waals surface area contributed by atoms with Crippen molar-refractivity contribution in [2.75, 3.05) is 131 Å². The molecule has 0 aliphatic carbocycles. The van der Waals surface area contributed by atoms with Crippen LogP contribution >= 0.6 is 0 Å². The predicted molar refractivity (Wildman–Crippen MR) is 267 cm³/mol. The smallest absolute Gasteiger partial charge is 0.295 e. The lowest BCUT2D eigenvalue weighted by Gasteiger charge is -2.34. The maximum Gasteiger partial charge on any atom is 0.295 e. The largest absolute Gasteiger partial charge is 0.357 e. The first-order valence-electron chi connectivity index (χ1n) is 24.9. The lowest BCUT2D eigenvalue weighted by atomic mass is 10.1. The number of nitrogens with zero attached hydrogens (tertiary/aromatic N) is 8. The van der Waals surface area contributed by atoms with E-state index in [0.29, 0.717) is 18.7 Å². The van der Waals surface area contributed by atoms with E-state index >= 15 is 0 Å². The van der Waals surface area contributed by atoms with Crippen LogP contribution in [0.3, 0.4) is 0 Å². The van der Waals surface area contributed by atoms with E-state index in [4.69, 9.17) is 0 Å². The molecule has 0 atom stereocenters. The van der Waals surface area contributed by atoms with Crippen LogP contribution in [-0.4, -0.2) is 193 Å². The Labute approximate surface area is 405 Å². The fourth-order valence-corrected chi connectivity index (χ4v) is 8.82. The molecule has 18 nitrogen and oxygen atoms in total. The van der Waals surface area contributed by atoms with Crippen LogP contribution < -0.4 is 31.9 Å². The number of ketones is 1. The van der Waals surface area contributed by atoms with Crippen LogP contribution in [0.2, 0.25) is 0 Å². The third kappa shape index (κ3) is 16.0. The average Bonchev–Trinajstić information content (AvgIpc) is 4.09. The SMILES string of the molecule is O=C(C(=O)N1CCN(C(=O)c2ccccc2)CC1)c1c[nH]c2c(-n3ccnn3)ncc(F)c12.c1cc(CN2CCCNCCNCCCNCC2)ccc1CN1CCCNCCNCCCNCC1. The number of rotatable bonds is 8. The van der Waals surface area contributed by atoms with E-state index in [1.165, 1.54) is 65.0 Å². The van der Waals surface area contributed by atoms with Crippen molar-refractivity contribution in [2.45, 2.75) is 38.8 Å². The third-order valence-corrected chi connectivity index (χ3v) is 12.7. The molecular weight excluding hydrogens is 878 g/mol. The van der Waals surface area contributed by atoms with Gasteiger partial charge in [0.15, 0.2) is 11.6 Å². The summed E-state index contributed by atoms with van der Waals surface area (Å²) in [5.41, 5.74) is 3.57. The lowest BCUT2D eigenvalue weighted by molar-refractivity contribution is -0.127. The quantitative estimate of drug-likeness (QED) is 0.0881. The van der Waals surface area contributed by atoms with Gasteiger partial charge in [-0.2, -0.15) is 0 Å². The number of aromatic amines is 1. The molecule has 6 heterocycles. The van der Waals surface area contributed by atoms with Crippen molar-refractivity contribution in [2.24, 2.45) is 0 Å². The number of carbonyl (C=O) groups excluding carboxylic acids is 3. The molecule has 69 heavy (non-hydrogen) atoms. The Kier molecular flexibility index (Phi) is 21.0. The first-order valence-corrected chi connectivity index (χ1v) is 24.9. The van der Waals surface area contributed by atoms with Crippen LogP contribution in [-0.2, 0) is 17.9 Å². The molecule has 0 bridgehead atoms. The summed E-state index contributed by atoms with van der Waals surface area (Å²) in [7, 11) is 0. The van der Waals surface area contributed by atoms with Crippen molar-refractivity contribution >= 4 is 28.5 Å². The standard InChI is InChI=1S/C28H54N8.C22H18FN7O3/c1-9-29-15-17-31-13-3-21-35(23-19-33-11-1)25-27-5-7-28(8-6-27)26-36-22-4-14-32-18-16-30-10-2-12-34-20-24-36;23-16-13-25-20(30-7-6-26-27-30)18-17(16)15(12-24-18)19(31)22(33)29-10-8-28(9-11-29)21(32)14-4-2-1-3-5-14/h5-8,29-34H,1-4,9-26H2;1-7,12-13,24H,8-11H2. The summed E-state index contributed by atoms with van der Waals surface area (Å²) >= 11 is 0. The normalized spacial score (nSPS) is 18.6. The molecule has 2 amide bonds.